The lowest BCUT2D eigenvalue weighted by Crippen LogP contribution is -1.78. The molecule has 0 amide bonds. The highest BCUT2D eigenvalue weighted by atomic mass is 32.1. The van der Waals surface area contributed by atoms with E-state index < -0.39 is 0 Å². The van der Waals surface area contributed by atoms with Gasteiger partial charge in [0.1, 0.15) is 0 Å². The molecule has 3 heteroatoms. The van der Waals surface area contributed by atoms with Crippen molar-refractivity contribution in [2.45, 2.75) is 13.8 Å². The van der Waals surface area contributed by atoms with E-state index in [4.69, 9.17) is 0 Å². The highest BCUT2D eigenvalue weighted by Gasteiger charge is 1.84. The first kappa shape index (κ1) is 8.56. The lowest BCUT2D eigenvalue weighted by molar-refractivity contribution is 0.422. The summed E-state index contributed by atoms with van der Waals surface area (Å²) in [5, 5.41) is 0. The zero-order valence-electron chi connectivity index (χ0n) is 5.88. The zero-order valence-corrected chi connectivity index (χ0v) is 6.77. The van der Waals surface area contributed by atoms with Crippen molar-refractivity contribution in [2.75, 3.05) is 7.11 Å². The van der Waals surface area contributed by atoms with Crippen LogP contribution in [0, 0.1) is 0 Å². The third-order valence-corrected chi connectivity index (χ3v) is 1.20. The maximum atomic E-state index is 4.60. The van der Waals surface area contributed by atoms with E-state index in [1.54, 1.807) is 7.11 Å². The van der Waals surface area contributed by atoms with E-state index in [0.29, 0.717) is 0 Å². The SMILES string of the molecule is CO/C=N\C(C)=C(/C)S. The van der Waals surface area contributed by atoms with Gasteiger partial charge in [-0.1, -0.05) is 0 Å². The van der Waals surface area contributed by atoms with Crippen molar-refractivity contribution in [3.8, 4) is 0 Å². The predicted molar refractivity (Wildman–Crippen MR) is 42.9 cm³/mol. The molecule has 0 atom stereocenters. The number of methoxy groups -OCH3 is 1. The quantitative estimate of drug-likeness (QED) is 0.357. The molecule has 0 fully saturated rings. The molecule has 0 radical (unpaired) electrons. The minimum absolute atomic E-state index is 0.875. The summed E-state index contributed by atoms with van der Waals surface area (Å²) in [5.41, 5.74) is 0.875. The van der Waals surface area contributed by atoms with Crippen LogP contribution < -0.4 is 0 Å². The highest BCUT2D eigenvalue weighted by Crippen LogP contribution is 2.06. The molecule has 0 aliphatic carbocycles. The molecule has 0 aromatic rings. The number of hydrogen-bond acceptors (Lipinski definition) is 3. The number of aliphatic imine (C=N–C) groups is 1. The smallest absolute Gasteiger partial charge is 0.173 e. The molecule has 0 aliphatic heterocycles. The Kier molecular flexibility index (Phi) is 4.22. The van der Waals surface area contributed by atoms with Crippen LogP contribution in [0.25, 0.3) is 0 Å². The summed E-state index contributed by atoms with van der Waals surface area (Å²) in [6, 6.07) is 0. The van der Waals surface area contributed by atoms with Crippen molar-refractivity contribution >= 4 is 19.0 Å². The Bertz CT molecular complexity index is 136. The second kappa shape index (κ2) is 4.44. The number of thiol groups is 1. The van der Waals surface area contributed by atoms with Gasteiger partial charge >= 0.3 is 0 Å². The number of ether oxygens (including phenoxy) is 1. The van der Waals surface area contributed by atoms with Gasteiger partial charge in [-0.3, -0.25) is 0 Å². The van der Waals surface area contributed by atoms with Crippen LogP contribution in [0.5, 0.6) is 0 Å². The summed E-state index contributed by atoms with van der Waals surface area (Å²) in [6.45, 7) is 3.75. The Hall–Kier alpha value is -0.440. The zero-order chi connectivity index (χ0) is 7.28. The summed E-state index contributed by atoms with van der Waals surface area (Å²) in [7, 11) is 1.56. The van der Waals surface area contributed by atoms with Crippen LogP contribution in [0.1, 0.15) is 13.8 Å². The van der Waals surface area contributed by atoms with Gasteiger partial charge in [-0.2, -0.15) is 0 Å². The molecule has 0 saturated heterocycles. The Balaban J connectivity index is 3.91. The van der Waals surface area contributed by atoms with Gasteiger partial charge in [0, 0.05) is 5.70 Å². The van der Waals surface area contributed by atoms with Crippen LogP contribution in [0.3, 0.4) is 0 Å². The first-order valence-corrected chi connectivity index (χ1v) is 3.05. The maximum Gasteiger partial charge on any atom is 0.173 e. The molecule has 2 nitrogen and oxygen atoms in total. The lowest BCUT2D eigenvalue weighted by Gasteiger charge is -1.92. The molecular formula is C6H11NOS. The first-order valence-electron chi connectivity index (χ1n) is 2.60. The van der Waals surface area contributed by atoms with E-state index in [2.05, 4.69) is 22.4 Å². The molecule has 0 aromatic carbocycles. The van der Waals surface area contributed by atoms with Crippen LogP contribution in [0.2, 0.25) is 0 Å². The average Bonchev–Trinajstić information content (AvgIpc) is 1.82. The maximum absolute atomic E-state index is 4.60. The fourth-order valence-corrected chi connectivity index (χ4v) is 0.283. The molecule has 0 heterocycles. The fourth-order valence-electron chi connectivity index (χ4n) is 0.225. The molecule has 0 N–H and O–H groups in total. The molecule has 0 unspecified atom stereocenters. The van der Waals surface area contributed by atoms with E-state index in [1.165, 1.54) is 6.40 Å². The van der Waals surface area contributed by atoms with Crippen LogP contribution >= 0.6 is 12.6 Å². The van der Waals surface area contributed by atoms with Gasteiger partial charge in [0.15, 0.2) is 6.40 Å². The van der Waals surface area contributed by atoms with E-state index in [0.717, 1.165) is 10.6 Å². The fraction of sp³-hybridized carbons (Fsp3) is 0.500. The van der Waals surface area contributed by atoms with Crippen LogP contribution in [-0.2, 0) is 4.74 Å². The molecule has 0 saturated carbocycles. The Morgan fingerprint density at radius 3 is 2.44 bits per heavy atom. The van der Waals surface area contributed by atoms with E-state index in [1.807, 2.05) is 13.8 Å². The van der Waals surface area contributed by atoms with Crippen LogP contribution in [0.4, 0.5) is 0 Å². The third-order valence-electron chi connectivity index (χ3n) is 0.875. The second-order valence-electron chi connectivity index (χ2n) is 1.64. The van der Waals surface area contributed by atoms with Crippen molar-refractivity contribution < 1.29 is 4.74 Å². The molecule has 0 rings (SSSR count). The molecule has 9 heavy (non-hydrogen) atoms. The Morgan fingerprint density at radius 1 is 1.56 bits per heavy atom. The van der Waals surface area contributed by atoms with Gasteiger partial charge in [-0.25, -0.2) is 4.99 Å². The monoisotopic (exact) mass is 145 g/mol. The average molecular weight is 145 g/mol. The molecule has 52 valence electrons. The van der Waals surface area contributed by atoms with Gasteiger partial charge in [0.05, 0.1) is 7.11 Å². The van der Waals surface area contributed by atoms with E-state index >= 15 is 0 Å². The Morgan fingerprint density at radius 2 is 2.11 bits per heavy atom. The number of nitrogens with zero attached hydrogens (tertiary/aromatic N) is 1. The van der Waals surface area contributed by atoms with Crippen molar-refractivity contribution in [3.05, 3.63) is 10.6 Å². The number of allylic oxidation sites excluding steroid dienone is 2. The summed E-state index contributed by atoms with van der Waals surface area (Å²) in [4.78, 5) is 4.80. The minimum Gasteiger partial charge on any atom is -0.486 e. The molecule has 0 aromatic heterocycles. The van der Waals surface area contributed by atoms with Crippen LogP contribution in [-0.4, -0.2) is 13.5 Å². The van der Waals surface area contributed by atoms with Gasteiger partial charge in [-0.15, -0.1) is 12.6 Å². The second-order valence-corrected chi connectivity index (χ2v) is 2.31. The van der Waals surface area contributed by atoms with Gasteiger partial charge in [-0.05, 0) is 18.8 Å². The molecule has 0 spiro atoms. The van der Waals surface area contributed by atoms with E-state index in [9.17, 15) is 0 Å². The summed E-state index contributed by atoms with van der Waals surface area (Å²) >= 11 is 4.08. The number of rotatable bonds is 2. The van der Waals surface area contributed by atoms with Crippen molar-refractivity contribution in [1.29, 1.82) is 0 Å². The summed E-state index contributed by atoms with van der Waals surface area (Å²) in [5.74, 6) is 0. The third kappa shape index (κ3) is 4.09. The Labute approximate surface area is 61.0 Å². The van der Waals surface area contributed by atoms with Gasteiger partial charge in [0.2, 0.25) is 0 Å². The summed E-state index contributed by atoms with van der Waals surface area (Å²) in [6.07, 6.45) is 1.38. The summed E-state index contributed by atoms with van der Waals surface area (Å²) < 4.78 is 4.60. The number of hydrogen-bond donors (Lipinski definition) is 1. The lowest BCUT2D eigenvalue weighted by atomic mass is 10.5. The molecule has 0 aliphatic rings. The van der Waals surface area contributed by atoms with E-state index in [-0.39, 0.29) is 0 Å². The van der Waals surface area contributed by atoms with Crippen molar-refractivity contribution in [3.63, 3.8) is 0 Å². The van der Waals surface area contributed by atoms with Gasteiger partial charge < -0.3 is 4.74 Å². The molecular weight excluding hydrogens is 134 g/mol. The predicted octanol–water partition coefficient (Wildman–Crippen LogP) is 1.84. The minimum atomic E-state index is 0.875. The van der Waals surface area contributed by atoms with Crippen molar-refractivity contribution in [1.82, 2.24) is 0 Å². The first-order chi connectivity index (χ1) is 4.18. The highest BCUT2D eigenvalue weighted by molar-refractivity contribution is 7.84. The normalized spacial score (nSPS) is 13.8. The standard InChI is InChI=1S/C6H11NOS/c1-5(6(2)9)7-4-8-3/h4,9H,1-3H3/b6-5+,7-4-. The molecule has 0 bridgehead atoms. The largest absolute Gasteiger partial charge is 0.486 e. The van der Waals surface area contributed by atoms with Crippen molar-refractivity contribution in [2.24, 2.45) is 4.99 Å². The van der Waals surface area contributed by atoms with Crippen LogP contribution in [0.15, 0.2) is 15.6 Å². The topological polar surface area (TPSA) is 21.6 Å². The van der Waals surface area contributed by atoms with Gasteiger partial charge in [0.25, 0.3) is 0 Å².